The average Bonchev–Trinajstić information content (AvgIpc) is 3.29. The predicted molar refractivity (Wildman–Crippen MR) is 85.8 cm³/mol. The first-order valence-corrected chi connectivity index (χ1v) is 7.47. The van der Waals surface area contributed by atoms with Crippen LogP contribution in [0.2, 0.25) is 0 Å². The number of hydrogen-bond acceptors (Lipinski definition) is 2. The van der Waals surface area contributed by atoms with Gasteiger partial charge in [0.15, 0.2) is 0 Å². The number of nitrogens with one attached hydrogen (secondary N) is 1. The summed E-state index contributed by atoms with van der Waals surface area (Å²) in [5.74, 6) is 0.0920. The SMILES string of the molecule is C=C(CNC1CC1)CN1C(=O)c2cccc3cccc1c23. The van der Waals surface area contributed by atoms with Crippen LogP contribution in [0.5, 0.6) is 0 Å². The van der Waals surface area contributed by atoms with Gasteiger partial charge in [-0.15, -0.1) is 0 Å². The summed E-state index contributed by atoms with van der Waals surface area (Å²) in [6, 6.07) is 12.7. The Hall–Kier alpha value is -2.13. The summed E-state index contributed by atoms with van der Waals surface area (Å²) in [5, 5.41) is 5.66. The average molecular weight is 278 g/mol. The Morgan fingerprint density at radius 1 is 1.24 bits per heavy atom. The van der Waals surface area contributed by atoms with Gasteiger partial charge in [-0.1, -0.05) is 30.8 Å². The van der Waals surface area contributed by atoms with Crippen LogP contribution in [0, 0.1) is 0 Å². The second kappa shape index (κ2) is 4.71. The van der Waals surface area contributed by atoms with E-state index in [1.807, 2.05) is 29.2 Å². The third-order valence-corrected chi connectivity index (χ3v) is 4.25. The zero-order chi connectivity index (χ0) is 14.4. The van der Waals surface area contributed by atoms with Gasteiger partial charge < -0.3 is 10.2 Å². The molecule has 1 amide bonds. The number of carbonyl (C=O) groups is 1. The number of hydrogen-bond donors (Lipinski definition) is 1. The van der Waals surface area contributed by atoms with Crippen molar-refractivity contribution in [1.82, 2.24) is 5.32 Å². The Bertz CT molecular complexity index is 741. The molecule has 1 heterocycles. The van der Waals surface area contributed by atoms with Gasteiger partial charge in [0.1, 0.15) is 0 Å². The minimum atomic E-state index is 0.0920. The molecule has 3 nitrogen and oxygen atoms in total. The van der Waals surface area contributed by atoms with E-state index >= 15 is 0 Å². The highest BCUT2D eigenvalue weighted by Gasteiger charge is 2.29. The molecule has 1 aliphatic heterocycles. The quantitative estimate of drug-likeness (QED) is 0.852. The second-order valence-corrected chi connectivity index (χ2v) is 5.98. The minimum Gasteiger partial charge on any atom is -0.310 e. The first-order chi connectivity index (χ1) is 10.2. The van der Waals surface area contributed by atoms with Crippen LogP contribution in [0.1, 0.15) is 23.2 Å². The number of benzene rings is 2. The van der Waals surface area contributed by atoms with Gasteiger partial charge in [0.25, 0.3) is 5.91 Å². The number of amides is 1. The molecular formula is C18H18N2O. The van der Waals surface area contributed by atoms with Crippen LogP contribution in [0.25, 0.3) is 10.8 Å². The molecule has 3 heteroatoms. The maximum Gasteiger partial charge on any atom is 0.259 e. The molecule has 0 aromatic heterocycles. The van der Waals surface area contributed by atoms with Crippen LogP contribution in [0.15, 0.2) is 48.6 Å². The Kier molecular flexibility index (Phi) is 2.82. The van der Waals surface area contributed by atoms with Gasteiger partial charge in [-0.25, -0.2) is 0 Å². The van der Waals surface area contributed by atoms with Gasteiger partial charge in [0.2, 0.25) is 0 Å². The summed E-state index contributed by atoms with van der Waals surface area (Å²) in [6.07, 6.45) is 2.53. The molecule has 21 heavy (non-hydrogen) atoms. The van der Waals surface area contributed by atoms with E-state index in [0.29, 0.717) is 12.6 Å². The van der Waals surface area contributed by atoms with Crippen LogP contribution in [-0.2, 0) is 0 Å². The molecule has 0 saturated heterocycles. The van der Waals surface area contributed by atoms with Crippen molar-refractivity contribution in [2.24, 2.45) is 0 Å². The molecule has 0 spiro atoms. The zero-order valence-corrected chi connectivity index (χ0v) is 11.9. The Morgan fingerprint density at radius 3 is 2.76 bits per heavy atom. The fraction of sp³-hybridized carbons (Fsp3) is 0.278. The molecule has 2 aliphatic rings. The van der Waals surface area contributed by atoms with Crippen LogP contribution in [-0.4, -0.2) is 25.0 Å². The van der Waals surface area contributed by atoms with Crippen LogP contribution < -0.4 is 10.2 Å². The Balaban J connectivity index is 1.61. The first-order valence-electron chi connectivity index (χ1n) is 7.47. The maximum atomic E-state index is 12.6. The number of rotatable bonds is 5. The van der Waals surface area contributed by atoms with E-state index in [1.165, 1.54) is 12.8 Å². The monoisotopic (exact) mass is 278 g/mol. The Labute approximate surface area is 124 Å². The largest absolute Gasteiger partial charge is 0.310 e. The van der Waals surface area contributed by atoms with Gasteiger partial charge in [-0.05, 0) is 35.9 Å². The van der Waals surface area contributed by atoms with Gasteiger partial charge >= 0.3 is 0 Å². The molecule has 0 atom stereocenters. The van der Waals surface area contributed by atoms with E-state index in [4.69, 9.17) is 0 Å². The van der Waals surface area contributed by atoms with Crippen LogP contribution in [0.4, 0.5) is 5.69 Å². The standard InChI is InChI=1S/C18H18N2O/c1-12(10-19-14-8-9-14)11-20-16-7-3-5-13-4-2-6-15(17(13)16)18(20)21/h2-7,14,19H,1,8-11H2. The molecule has 2 aromatic rings. The molecular weight excluding hydrogens is 260 g/mol. The van der Waals surface area contributed by atoms with Crippen molar-refractivity contribution in [3.63, 3.8) is 0 Å². The van der Waals surface area contributed by atoms with Crippen molar-refractivity contribution < 1.29 is 4.79 Å². The maximum absolute atomic E-state index is 12.6. The molecule has 106 valence electrons. The highest BCUT2D eigenvalue weighted by molar-refractivity contribution is 6.25. The molecule has 1 saturated carbocycles. The fourth-order valence-electron chi connectivity index (χ4n) is 2.99. The van der Waals surface area contributed by atoms with Crippen molar-refractivity contribution in [2.45, 2.75) is 18.9 Å². The molecule has 1 N–H and O–H groups in total. The van der Waals surface area contributed by atoms with Crippen molar-refractivity contribution in [3.05, 3.63) is 54.1 Å². The lowest BCUT2D eigenvalue weighted by Crippen LogP contribution is -2.32. The van der Waals surface area contributed by atoms with Crippen molar-refractivity contribution in [3.8, 4) is 0 Å². The fourth-order valence-corrected chi connectivity index (χ4v) is 2.99. The summed E-state index contributed by atoms with van der Waals surface area (Å²) in [5.41, 5.74) is 2.88. The van der Waals surface area contributed by atoms with E-state index in [0.717, 1.165) is 34.1 Å². The van der Waals surface area contributed by atoms with Gasteiger partial charge in [0.05, 0.1) is 5.69 Å². The topological polar surface area (TPSA) is 32.3 Å². The zero-order valence-electron chi connectivity index (χ0n) is 11.9. The van der Waals surface area contributed by atoms with E-state index in [-0.39, 0.29) is 5.91 Å². The number of nitrogens with zero attached hydrogens (tertiary/aromatic N) is 1. The molecule has 1 fully saturated rings. The van der Waals surface area contributed by atoms with Crippen molar-refractivity contribution >= 4 is 22.4 Å². The molecule has 2 aromatic carbocycles. The van der Waals surface area contributed by atoms with E-state index in [9.17, 15) is 4.79 Å². The summed E-state index contributed by atoms with van der Waals surface area (Å²) in [7, 11) is 0. The van der Waals surface area contributed by atoms with Crippen molar-refractivity contribution in [2.75, 3.05) is 18.0 Å². The normalized spacial score (nSPS) is 16.8. The van der Waals surface area contributed by atoms with Gasteiger partial charge in [0, 0.05) is 30.1 Å². The smallest absolute Gasteiger partial charge is 0.259 e. The third-order valence-electron chi connectivity index (χ3n) is 4.25. The third kappa shape index (κ3) is 2.14. The van der Waals surface area contributed by atoms with E-state index < -0.39 is 0 Å². The van der Waals surface area contributed by atoms with Gasteiger partial charge in [-0.3, -0.25) is 4.79 Å². The summed E-state index contributed by atoms with van der Waals surface area (Å²) in [6.45, 7) is 5.50. The second-order valence-electron chi connectivity index (χ2n) is 5.98. The van der Waals surface area contributed by atoms with Crippen molar-refractivity contribution in [1.29, 1.82) is 0 Å². The van der Waals surface area contributed by atoms with Crippen LogP contribution in [0.3, 0.4) is 0 Å². The van der Waals surface area contributed by atoms with E-state index in [2.05, 4.69) is 24.0 Å². The minimum absolute atomic E-state index is 0.0920. The lowest BCUT2D eigenvalue weighted by atomic mass is 10.1. The Morgan fingerprint density at radius 2 is 2.00 bits per heavy atom. The predicted octanol–water partition coefficient (Wildman–Crippen LogP) is 3.11. The molecule has 0 radical (unpaired) electrons. The summed E-state index contributed by atoms with van der Waals surface area (Å²) >= 11 is 0. The summed E-state index contributed by atoms with van der Waals surface area (Å²) < 4.78 is 0. The first kappa shape index (κ1) is 12.6. The highest BCUT2D eigenvalue weighted by atomic mass is 16.2. The lowest BCUT2D eigenvalue weighted by Gasteiger charge is -2.19. The summed E-state index contributed by atoms with van der Waals surface area (Å²) in [4.78, 5) is 14.5. The lowest BCUT2D eigenvalue weighted by molar-refractivity contribution is 0.0995. The molecule has 0 bridgehead atoms. The highest BCUT2D eigenvalue weighted by Crippen LogP contribution is 2.37. The van der Waals surface area contributed by atoms with Gasteiger partial charge in [-0.2, -0.15) is 0 Å². The number of carbonyl (C=O) groups excluding carboxylic acids is 1. The van der Waals surface area contributed by atoms with E-state index in [1.54, 1.807) is 0 Å². The molecule has 0 unspecified atom stereocenters. The molecule has 1 aliphatic carbocycles. The van der Waals surface area contributed by atoms with Crippen LogP contribution >= 0.6 is 0 Å². The number of anilines is 1. The molecule has 4 rings (SSSR count).